The van der Waals surface area contributed by atoms with Gasteiger partial charge in [0.15, 0.2) is 0 Å². The Morgan fingerprint density at radius 2 is 2.06 bits per heavy atom. The average Bonchev–Trinajstić information content (AvgIpc) is 2.46. The number of rotatable bonds is 2. The van der Waals surface area contributed by atoms with Crippen molar-refractivity contribution in [2.45, 2.75) is 51.2 Å². The first-order valence-electron chi connectivity index (χ1n) is 7.20. The quantitative estimate of drug-likeness (QED) is 0.871. The molecule has 2 heterocycles. The molecule has 2 fully saturated rings. The predicted molar refractivity (Wildman–Crippen MR) is 72.5 cm³/mol. The molecule has 0 radical (unpaired) electrons. The molecule has 1 aromatic rings. The zero-order valence-corrected chi connectivity index (χ0v) is 10.9. The fraction of sp³-hybridized carbons (Fsp3) is 0.667. The Morgan fingerprint density at radius 3 is 2.94 bits per heavy atom. The summed E-state index contributed by atoms with van der Waals surface area (Å²) >= 11 is 0. The zero-order valence-electron chi connectivity index (χ0n) is 10.9. The average molecular weight is 246 g/mol. The summed E-state index contributed by atoms with van der Waals surface area (Å²) in [6, 6.07) is 2.77. The Balaban J connectivity index is 1.89. The standard InChI is InChI=1S/C15H22N2O/c18-11-13-10-16-8-7-15(13)17-9-3-5-12-4-1-2-6-14(12)17/h7-8,10,12,14,18H,1-6,9,11H2/t12-,14-/m1/s1. The highest BCUT2D eigenvalue weighted by atomic mass is 16.3. The number of aromatic nitrogens is 1. The van der Waals surface area contributed by atoms with E-state index in [0.29, 0.717) is 6.04 Å². The van der Waals surface area contributed by atoms with Crippen LogP contribution in [0.1, 0.15) is 44.1 Å². The number of pyridine rings is 1. The maximum atomic E-state index is 9.48. The van der Waals surface area contributed by atoms with E-state index in [2.05, 4.69) is 16.0 Å². The van der Waals surface area contributed by atoms with Crippen molar-refractivity contribution < 1.29 is 5.11 Å². The molecule has 3 rings (SSSR count). The highest BCUT2D eigenvalue weighted by Gasteiger charge is 2.33. The third-order valence-electron chi connectivity index (χ3n) is 4.60. The van der Waals surface area contributed by atoms with Crippen LogP contribution in [0.5, 0.6) is 0 Å². The summed E-state index contributed by atoms with van der Waals surface area (Å²) in [7, 11) is 0. The van der Waals surface area contributed by atoms with Crippen molar-refractivity contribution in [1.29, 1.82) is 0 Å². The number of aliphatic hydroxyl groups excluding tert-OH is 1. The smallest absolute Gasteiger partial charge is 0.0717 e. The molecule has 1 aliphatic heterocycles. The number of hydrogen-bond acceptors (Lipinski definition) is 3. The van der Waals surface area contributed by atoms with Crippen LogP contribution in [-0.4, -0.2) is 22.7 Å². The van der Waals surface area contributed by atoms with Crippen molar-refractivity contribution in [2.24, 2.45) is 5.92 Å². The van der Waals surface area contributed by atoms with E-state index in [-0.39, 0.29) is 6.61 Å². The van der Waals surface area contributed by atoms with Gasteiger partial charge in [-0.05, 0) is 37.7 Å². The van der Waals surface area contributed by atoms with Gasteiger partial charge in [0, 0.05) is 36.2 Å². The van der Waals surface area contributed by atoms with E-state index < -0.39 is 0 Å². The molecule has 1 aliphatic carbocycles. The lowest BCUT2D eigenvalue weighted by molar-refractivity contribution is 0.241. The minimum atomic E-state index is 0.0943. The molecule has 2 atom stereocenters. The Hall–Kier alpha value is -1.09. The van der Waals surface area contributed by atoms with Gasteiger partial charge >= 0.3 is 0 Å². The van der Waals surface area contributed by atoms with Crippen LogP contribution in [0.25, 0.3) is 0 Å². The second kappa shape index (κ2) is 5.27. The van der Waals surface area contributed by atoms with Gasteiger partial charge in [0.05, 0.1) is 6.61 Å². The lowest BCUT2D eigenvalue weighted by Gasteiger charge is -2.46. The molecule has 1 saturated carbocycles. The van der Waals surface area contributed by atoms with Gasteiger partial charge in [-0.2, -0.15) is 0 Å². The molecule has 3 nitrogen and oxygen atoms in total. The maximum Gasteiger partial charge on any atom is 0.0717 e. The van der Waals surface area contributed by atoms with Gasteiger partial charge < -0.3 is 10.0 Å². The topological polar surface area (TPSA) is 36.4 Å². The molecule has 0 unspecified atom stereocenters. The van der Waals surface area contributed by atoms with Crippen LogP contribution in [0.4, 0.5) is 5.69 Å². The number of fused-ring (bicyclic) bond motifs is 1. The molecule has 18 heavy (non-hydrogen) atoms. The first-order valence-corrected chi connectivity index (χ1v) is 7.20. The highest BCUT2D eigenvalue weighted by Crippen LogP contribution is 2.38. The second-order valence-corrected chi connectivity index (χ2v) is 5.61. The van der Waals surface area contributed by atoms with Gasteiger partial charge in [-0.1, -0.05) is 12.8 Å². The van der Waals surface area contributed by atoms with Crippen LogP contribution in [0.2, 0.25) is 0 Å². The highest BCUT2D eigenvalue weighted by molar-refractivity contribution is 5.53. The van der Waals surface area contributed by atoms with Crippen LogP contribution < -0.4 is 4.90 Å². The third-order valence-corrected chi connectivity index (χ3v) is 4.60. The number of piperidine rings is 1. The van der Waals surface area contributed by atoms with Crippen LogP contribution in [0, 0.1) is 5.92 Å². The van der Waals surface area contributed by atoms with Gasteiger partial charge in [-0.15, -0.1) is 0 Å². The molecule has 0 spiro atoms. The monoisotopic (exact) mass is 246 g/mol. The molecule has 0 bridgehead atoms. The predicted octanol–water partition coefficient (Wildman–Crippen LogP) is 2.73. The molecule has 1 N–H and O–H groups in total. The number of anilines is 1. The fourth-order valence-corrected chi connectivity index (χ4v) is 3.75. The maximum absolute atomic E-state index is 9.48. The van der Waals surface area contributed by atoms with Crippen molar-refractivity contribution in [3.05, 3.63) is 24.0 Å². The summed E-state index contributed by atoms with van der Waals surface area (Å²) in [6.07, 6.45) is 11.8. The van der Waals surface area contributed by atoms with E-state index >= 15 is 0 Å². The van der Waals surface area contributed by atoms with Crippen LogP contribution >= 0.6 is 0 Å². The number of aliphatic hydroxyl groups is 1. The van der Waals surface area contributed by atoms with Crippen LogP contribution in [0.15, 0.2) is 18.5 Å². The zero-order chi connectivity index (χ0) is 12.4. The third kappa shape index (κ3) is 2.12. The Kier molecular flexibility index (Phi) is 3.50. The second-order valence-electron chi connectivity index (χ2n) is 5.61. The molecule has 0 amide bonds. The van der Waals surface area contributed by atoms with E-state index in [9.17, 15) is 5.11 Å². The lowest BCUT2D eigenvalue weighted by Crippen LogP contribution is -2.47. The van der Waals surface area contributed by atoms with Gasteiger partial charge in [0.1, 0.15) is 0 Å². The lowest BCUT2D eigenvalue weighted by atomic mass is 9.78. The molecule has 1 aromatic heterocycles. The molecule has 98 valence electrons. The molecular formula is C15H22N2O. The van der Waals surface area contributed by atoms with Crippen molar-refractivity contribution in [1.82, 2.24) is 4.98 Å². The van der Waals surface area contributed by atoms with Gasteiger partial charge in [-0.25, -0.2) is 0 Å². The summed E-state index contributed by atoms with van der Waals surface area (Å²) < 4.78 is 0. The normalized spacial score (nSPS) is 27.9. The number of hydrogen-bond donors (Lipinski definition) is 1. The van der Waals surface area contributed by atoms with Crippen molar-refractivity contribution >= 4 is 5.69 Å². The summed E-state index contributed by atoms with van der Waals surface area (Å²) in [6.45, 7) is 1.23. The van der Waals surface area contributed by atoms with Crippen molar-refractivity contribution in [2.75, 3.05) is 11.4 Å². The van der Waals surface area contributed by atoms with Gasteiger partial charge in [0.2, 0.25) is 0 Å². The van der Waals surface area contributed by atoms with E-state index in [1.54, 1.807) is 0 Å². The van der Waals surface area contributed by atoms with Crippen LogP contribution in [-0.2, 0) is 6.61 Å². The first kappa shape index (κ1) is 12.0. The summed E-state index contributed by atoms with van der Waals surface area (Å²) in [4.78, 5) is 6.67. The fourth-order valence-electron chi connectivity index (χ4n) is 3.75. The molecule has 0 aromatic carbocycles. The summed E-state index contributed by atoms with van der Waals surface area (Å²) in [5.74, 6) is 0.868. The minimum Gasteiger partial charge on any atom is -0.392 e. The Morgan fingerprint density at radius 1 is 1.22 bits per heavy atom. The first-order chi connectivity index (χ1) is 8.90. The molecule has 3 heteroatoms. The molecule has 1 saturated heterocycles. The molecule has 2 aliphatic rings. The SMILES string of the molecule is OCc1cnccc1N1CCC[C@H]2CCCC[C@H]21. The van der Waals surface area contributed by atoms with Gasteiger partial charge in [0.25, 0.3) is 0 Å². The van der Waals surface area contributed by atoms with Crippen molar-refractivity contribution in [3.63, 3.8) is 0 Å². The number of nitrogens with zero attached hydrogens (tertiary/aromatic N) is 2. The van der Waals surface area contributed by atoms with E-state index in [1.165, 1.54) is 44.2 Å². The van der Waals surface area contributed by atoms with E-state index in [0.717, 1.165) is 18.0 Å². The van der Waals surface area contributed by atoms with E-state index in [4.69, 9.17) is 0 Å². The van der Waals surface area contributed by atoms with E-state index in [1.807, 2.05) is 12.4 Å². The minimum absolute atomic E-state index is 0.0943. The Bertz CT molecular complexity index is 405. The molecular weight excluding hydrogens is 224 g/mol. The van der Waals surface area contributed by atoms with Gasteiger partial charge in [-0.3, -0.25) is 4.98 Å². The summed E-state index contributed by atoms with van der Waals surface area (Å²) in [5.41, 5.74) is 2.19. The Labute approximate surface area is 109 Å². The summed E-state index contributed by atoms with van der Waals surface area (Å²) in [5, 5.41) is 9.48. The largest absolute Gasteiger partial charge is 0.392 e. The van der Waals surface area contributed by atoms with Crippen molar-refractivity contribution in [3.8, 4) is 0 Å². The van der Waals surface area contributed by atoms with Crippen LogP contribution in [0.3, 0.4) is 0 Å².